The Balaban J connectivity index is 1.99. The smallest absolute Gasteiger partial charge is 0.325 e. The fourth-order valence-electron chi connectivity index (χ4n) is 3.27. The van der Waals surface area contributed by atoms with Crippen LogP contribution in [-0.2, 0) is 14.3 Å². The molecule has 2 fully saturated rings. The van der Waals surface area contributed by atoms with E-state index in [2.05, 4.69) is 0 Å². The van der Waals surface area contributed by atoms with Crippen molar-refractivity contribution in [1.29, 1.82) is 0 Å². The molecule has 0 aromatic carbocycles. The number of nitrogens with zero attached hydrogens (tertiary/aromatic N) is 1. The zero-order chi connectivity index (χ0) is 13.0. The van der Waals surface area contributed by atoms with E-state index in [1.807, 2.05) is 0 Å². The molecule has 0 unspecified atom stereocenters. The fraction of sp³-hybridized carbons (Fsp3) is 0.857. The number of ether oxygens (including phenoxy) is 1. The van der Waals surface area contributed by atoms with Crippen LogP contribution in [0.2, 0.25) is 0 Å². The number of amides is 1. The molecule has 1 aliphatic carbocycles. The molecule has 2 rings (SSSR count). The van der Waals surface area contributed by atoms with Gasteiger partial charge in [0.25, 0.3) is 0 Å². The van der Waals surface area contributed by atoms with Gasteiger partial charge in [0.1, 0.15) is 6.54 Å². The molecule has 0 bridgehead atoms. The van der Waals surface area contributed by atoms with E-state index in [0.29, 0.717) is 18.9 Å². The van der Waals surface area contributed by atoms with Crippen molar-refractivity contribution < 1.29 is 14.3 Å². The molecule has 0 radical (unpaired) electrons. The van der Waals surface area contributed by atoms with Crippen LogP contribution in [0.3, 0.4) is 0 Å². The SMILES string of the molecule is CCOC(=O)CN1C(=O)C[C@@H]2CCCCCC[C@@H]21. The molecule has 4 heteroatoms. The van der Waals surface area contributed by atoms with Crippen LogP contribution in [0.4, 0.5) is 0 Å². The van der Waals surface area contributed by atoms with Crippen molar-refractivity contribution >= 4 is 11.9 Å². The molecule has 0 spiro atoms. The average molecular weight is 253 g/mol. The van der Waals surface area contributed by atoms with Gasteiger partial charge in [-0.05, 0) is 25.7 Å². The van der Waals surface area contributed by atoms with Crippen LogP contribution < -0.4 is 0 Å². The van der Waals surface area contributed by atoms with Gasteiger partial charge in [-0.2, -0.15) is 0 Å². The number of rotatable bonds is 3. The standard InChI is InChI=1S/C14H23NO3/c1-2-18-14(17)10-15-12-8-6-4-3-5-7-11(12)9-13(15)16/h11-12H,2-10H2,1H3/t11-,12-/m0/s1. The number of carbonyl (C=O) groups excluding carboxylic acids is 2. The summed E-state index contributed by atoms with van der Waals surface area (Å²) in [6, 6.07) is 0.280. The maximum atomic E-state index is 12.0. The highest BCUT2D eigenvalue weighted by atomic mass is 16.5. The molecular formula is C14H23NO3. The summed E-state index contributed by atoms with van der Waals surface area (Å²) in [5.74, 6) is 0.334. The third-order valence-corrected chi connectivity index (χ3v) is 4.13. The van der Waals surface area contributed by atoms with E-state index in [0.717, 1.165) is 12.8 Å². The molecule has 4 nitrogen and oxygen atoms in total. The van der Waals surface area contributed by atoms with E-state index in [-0.39, 0.29) is 24.5 Å². The minimum Gasteiger partial charge on any atom is -0.465 e. The summed E-state index contributed by atoms with van der Waals surface area (Å²) in [7, 11) is 0. The third-order valence-electron chi connectivity index (χ3n) is 4.13. The first-order valence-electron chi connectivity index (χ1n) is 7.17. The first kappa shape index (κ1) is 13.4. The van der Waals surface area contributed by atoms with Gasteiger partial charge in [-0.3, -0.25) is 9.59 Å². The van der Waals surface area contributed by atoms with Crippen LogP contribution in [-0.4, -0.2) is 36.0 Å². The Labute approximate surface area is 109 Å². The maximum absolute atomic E-state index is 12.0. The summed E-state index contributed by atoms with van der Waals surface area (Å²) < 4.78 is 4.95. The van der Waals surface area contributed by atoms with E-state index in [1.54, 1.807) is 11.8 Å². The summed E-state index contributed by atoms with van der Waals surface area (Å²) in [6.07, 6.45) is 7.75. The molecule has 1 heterocycles. The normalized spacial score (nSPS) is 28.5. The van der Waals surface area contributed by atoms with Gasteiger partial charge >= 0.3 is 5.97 Å². The highest BCUT2D eigenvalue weighted by molar-refractivity contribution is 5.84. The van der Waals surface area contributed by atoms with Gasteiger partial charge in [0.05, 0.1) is 6.61 Å². The molecule has 0 N–H and O–H groups in total. The first-order chi connectivity index (χ1) is 8.72. The Hall–Kier alpha value is -1.06. The van der Waals surface area contributed by atoms with Crippen LogP contribution in [0.1, 0.15) is 51.9 Å². The van der Waals surface area contributed by atoms with Gasteiger partial charge in [0.15, 0.2) is 0 Å². The average Bonchev–Trinajstić information content (AvgIpc) is 2.56. The summed E-state index contributed by atoms with van der Waals surface area (Å²) in [6.45, 7) is 2.32. The third kappa shape index (κ3) is 3.03. The van der Waals surface area contributed by atoms with Gasteiger partial charge < -0.3 is 9.64 Å². The summed E-state index contributed by atoms with van der Waals surface area (Å²) in [4.78, 5) is 25.4. The van der Waals surface area contributed by atoms with Crippen LogP contribution in [0.25, 0.3) is 0 Å². The minimum atomic E-state index is -0.270. The predicted octanol–water partition coefficient (Wildman–Crippen LogP) is 2.12. The lowest BCUT2D eigenvalue weighted by atomic mass is 9.87. The number of likely N-dealkylation sites (tertiary alicyclic amines) is 1. The minimum absolute atomic E-state index is 0.139. The second kappa shape index (κ2) is 6.21. The number of carbonyl (C=O) groups is 2. The molecule has 2 aliphatic rings. The second-order valence-electron chi connectivity index (χ2n) is 5.35. The Morgan fingerprint density at radius 2 is 2.00 bits per heavy atom. The molecule has 1 aliphatic heterocycles. The van der Waals surface area contributed by atoms with E-state index < -0.39 is 0 Å². The monoisotopic (exact) mass is 253 g/mol. The van der Waals surface area contributed by atoms with Gasteiger partial charge in [0, 0.05) is 12.5 Å². The van der Waals surface area contributed by atoms with Gasteiger partial charge in [-0.1, -0.05) is 25.7 Å². The molecule has 0 aromatic rings. The largest absolute Gasteiger partial charge is 0.465 e. The summed E-state index contributed by atoms with van der Waals surface area (Å²) in [5.41, 5.74) is 0. The quantitative estimate of drug-likeness (QED) is 0.724. The zero-order valence-corrected chi connectivity index (χ0v) is 11.2. The van der Waals surface area contributed by atoms with E-state index in [1.165, 1.54) is 25.7 Å². The maximum Gasteiger partial charge on any atom is 0.325 e. The lowest BCUT2D eigenvalue weighted by Crippen LogP contribution is -2.40. The molecule has 1 saturated heterocycles. The Kier molecular flexibility index (Phi) is 4.61. The van der Waals surface area contributed by atoms with Crippen LogP contribution in [0.5, 0.6) is 0 Å². The summed E-state index contributed by atoms with van der Waals surface area (Å²) in [5, 5.41) is 0. The zero-order valence-electron chi connectivity index (χ0n) is 11.2. The molecule has 1 amide bonds. The summed E-state index contributed by atoms with van der Waals surface area (Å²) >= 11 is 0. The van der Waals surface area contributed by atoms with E-state index >= 15 is 0 Å². The Morgan fingerprint density at radius 3 is 2.72 bits per heavy atom. The van der Waals surface area contributed by atoms with E-state index in [9.17, 15) is 9.59 Å². The Bertz CT molecular complexity index is 316. The van der Waals surface area contributed by atoms with Gasteiger partial charge in [0.2, 0.25) is 5.91 Å². The Morgan fingerprint density at radius 1 is 1.28 bits per heavy atom. The topological polar surface area (TPSA) is 46.6 Å². The van der Waals surface area contributed by atoms with Crippen LogP contribution in [0, 0.1) is 5.92 Å². The number of esters is 1. The molecule has 18 heavy (non-hydrogen) atoms. The molecule has 102 valence electrons. The lowest BCUT2D eigenvalue weighted by Gasteiger charge is -2.29. The van der Waals surface area contributed by atoms with Crippen molar-refractivity contribution in [2.24, 2.45) is 5.92 Å². The van der Waals surface area contributed by atoms with Crippen molar-refractivity contribution in [2.75, 3.05) is 13.2 Å². The van der Waals surface area contributed by atoms with Crippen molar-refractivity contribution in [1.82, 2.24) is 4.90 Å². The molecule has 0 aromatic heterocycles. The molecular weight excluding hydrogens is 230 g/mol. The highest BCUT2D eigenvalue weighted by Gasteiger charge is 2.40. The predicted molar refractivity (Wildman–Crippen MR) is 67.9 cm³/mol. The number of hydrogen-bond acceptors (Lipinski definition) is 3. The molecule has 1 saturated carbocycles. The van der Waals surface area contributed by atoms with Gasteiger partial charge in [-0.15, -0.1) is 0 Å². The van der Waals surface area contributed by atoms with Gasteiger partial charge in [-0.25, -0.2) is 0 Å². The fourth-order valence-corrected chi connectivity index (χ4v) is 3.27. The first-order valence-corrected chi connectivity index (χ1v) is 7.17. The highest BCUT2D eigenvalue weighted by Crippen LogP contribution is 2.34. The van der Waals surface area contributed by atoms with Crippen molar-refractivity contribution in [3.05, 3.63) is 0 Å². The van der Waals surface area contributed by atoms with Crippen molar-refractivity contribution in [2.45, 2.75) is 57.9 Å². The van der Waals surface area contributed by atoms with Crippen molar-refractivity contribution in [3.63, 3.8) is 0 Å². The van der Waals surface area contributed by atoms with Crippen LogP contribution in [0.15, 0.2) is 0 Å². The molecule has 2 atom stereocenters. The van der Waals surface area contributed by atoms with Crippen molar-refractivity contribution in [3.8, 4) is 0 Å². The van der Waals surface area contributed by atoms with E-state index in [4.69, 9.17) is 4.74 Å². The lowest BCUT2D eigenvalue weighted by molar-refractivity contribution is -0.148. The number of hydrogen-bond donors (Lipinski definition) is 0. The number of fused-ring (bicyclic) bond motifs is 1. The second-order valence-corrected chi connectivity index (χ2v) is 5.35. The van der Waals surface area contributed by atoms with Crippen LogP contribution >= 0.6 is 0 Å².